The lowest BCUT2D eigenvalue weighted by Gasteiger charge is -2.07. The number of carbonyl (C=O) groups excluding carboxylic acids is 1. The molecular weight excluding hydrogens is 238 g/mol. The molecule has 1 aromatic rings. The zero-order valence-corrected chi connectivity index (χ0v) is 12.1. The van der Waals surface area contributed by atoms with Crippen molar-refractivity contribution in [1.29, 1.82) is 0 Å². The van der Waals surface area contributed by atoms with Gasteiger partial charge in [-0.15, -0.1) is 0 Å². The second-order valence-electron chi connectivity index (χ2n) is 4.70. The summed E-state index contributed by atoms with van der Waals surface area (Å²) in [5.74, 6) is 1.09. The monoisotopic (exact) mass is 263 g/mol. The van der Waals surface area contributed by atoms with Crippen LogP contribution in [0.3, 0.4) is 0 Å². The lowest BCUT2D eigenvalue weighted by Crippen LogP contribution is -2.24. The Labute approximate surface area is 116 Å². The van der Waals surface area contributed by atoms with E-state index in [1.54, 1.807) is 0 Å². The van der Waals surface area contributed by atoms with Crippen molar-refractivity contribution in [2.24, 2.45) is 0 Å². The molecule has 0 saturated carbocycles. The summed E-state index contributed by atoms with van der Waals surface area (Å²) in [6.45, 7) is 5.62. The molecule has 1 rings (SSSR count). The van der Waals surface area contributed by atoms with Gasteiger partial charge in [0.25, 0.3) is 0 Å². The van der Waals surface area contributed by atoms with Crippen LogP contribution in [0.25, 0.3) is 0 Å². The molecule has 3 heteroatoms. The largest absolute Gasteiger partial charge is 0.494 e. The Morgan fingerprint density at radius 1 is 1.26 bits per heavy atom. The maximum Gasteiger partial charge on any atom is 0.219 e. The molecule has 0 bridgehead atoms. The minimum absolute atomic E-state index is 0.155. The van der Waals surface area contributed by atoms with Crippen molar-refractivity contribution in [1.82, 2.24) is 5.32 Å². The topological polar surface area (TPSA) is 38.3 Å². The third-order valence-corrected chi connectivity index (χ3v) is 2.81. The van der Waals surface area contributed by atoms with Crippen molar-refractivity contribution in [3.05, 3.63) is 29.8 Å². The predicted octanol–water partition coefficient (Wildman–Crippen LogP) is 3.32. The molecule has 0 atom stereocenters. The van der Waals surface area contributed by atoms with Gasteiger partial charge in [-0.05, 0) is 43.4 Å². The maximum absolute atomic E-state index is 11.3. The number of ether oxygens (including phenoxy) is 1. The Bertz CT molecular complexity index is 377. The number of hydrogen-bond acceptors (Lipinski definition) is 2. The van der Waals surface area contributed by atoms with E-state index in [2.05, 4.69) is 24.4 Å². The van der Waals surface area contributed by atoms with Crippen LogP contribution in [-0.4, -0.2) is 19.1 Å². The van der Waals surface area contributed by atoms with Crippen LogP contribution in [0.4, 0.5) is 0 Å². The molecule has 0 aliphatic carbocycles. The molecule has 0 aliphatic heterocycles. The fraction of sp³-hybridized carbons (Fsp3) is 0.562. The SMILES string of the molecule is CCCOc1cccc(CCCNC(=O)CCC)c1. The van der Waals surface area contributed by atoms with Crippen LogP contribution in [0.1, 0.15) is 45.1 Å². The minimum Gasteiger partial charge on any atom is -0.494 e. The molecule has 0 radical (unpaired) electrons. The van der Waals surface area contributed by atoms with E-state index >= 15 is 0 Å². The van der Waals surface area contributed by atoms with Gasteiger partial charge in [0.15, 0.2) is 0 Å². The van der Waals surface area contributed by atoms with Gasteiger partial charge in [0.2, 0.25) is 5.91 Å². The van der Waals surface area contributed by atoms with E-state index in [0.717, 1.165) is 44.6 Å². The van der Waals surface area contributed by atoms with Gasteiger partial charge in [0.05, 0.1) is 6.61 Å². The Hall–Kier alpha value is -1.51. The van der Waals surface area contributed by atoms with Crippen molar-refractivity contribution in [2.45, 2.75) is 46.0 Å². The van der Waals surface area contributed by atoms with Crippen LogP contribution < -0.4 is 10.1 Å². The first-order chi connectivity index (χ1) is 9.26. The molecule has 19 heavy (non-hydrogen) atoms. The van der Waals surface area contributed by atoms with Crippen LogP contribution >= 0.6 is 0 Å². The van der Waals surface area contributed by atoms with Gasteiger partial charge >= 0.3 is 0 Å². The van der Waals surface area contributed by atoms with E-state index in [9.17, 15) is 4.79 Å². The molecule has 1 aromatic carbocycles. The Balaban J connectivity index is 2.27. The summed E-state index contributed by atoms with van der Waals surface area (Å²) < 4.78 is 5.60. The van der Waals surface area contributed by atoms with Crippen molar-refractivity contribution >= 4 is 5.91 Å². The van der Waals surface area contributed by atoms with E-state index in [0.29, 0.717) is 6.42 Å². The van der Waals surface area contributed by atoms with Gasteiger partial charge in [-0.1, -0.05) is 26.0 Å². The molecular formula is C16H25NO2. The Kier molecular flexibility index (Phi) is 7.71. The average molecular weight is 263 g/mol. The van der Waals surface area contributed by atoms with Crippen LogP contribution in [0.2, 0.25) is 0 Å². The van der Waals surface area contributed by atoms with Gasteiger partial charge in [-0.3, -0.25) is 4.79 Å². The summed E-state index contributed by atoms with van der Waals surface area (Å²) >= 11 is 0. The van der Waals surface area contributed by atoms with Gasteiger partial charge in [-0.25, -0.2) is 0 Å². The third kappa shape index (κ3) is 6.85. The average Bonchev–Trinajstić information content (AvgIpc) is 2.42. The first-order valence-corrected chi connectivity index (χ1v) is 7.24. The fourth-order valence-corrected chi connectivity index (χ4v) is 1.85. The highest BCUT2D eigenvalue weighted by Crippen LogP contribution is 2.14. The summed E-state index contributed by atoms with van der Waals surface area (Å²) in [7, 11) is 0. The number of aryl methyl sites for hydroxylation is 1. The Morgan fingerprint density at radius 3 is 2.84 bits per heavy atom. The standard InChI is InChI=1S/C16H25NO2/c1-3-7-16(18)17-11-6-9-14-8-5-10-15(13-14)19-12-4-2/h5,8,10,13H,3-4,6-7,9,11-12H2,1-2H3,(H,17,18). The minimum atomic E-state index is 0.155. The van der Waals surface area contributed by atoms with Gasteiger partial charge < -0.3 is 10.1 Å². The zero-order chi connectivity index (χ0) is 13.9. The summed E-state index contributed by atoms with van der Waals surface area (Å²) in [5, 5.41) is 2.93. The van der Waals surface area contributed by atoms with E-state index in [-0.39, 0.29) is 5.91 Å². The van der Waals surface area contributed by atoms with Gasteiger partial charge in [0, 0.05) is 13.0 Å². The van der Waals surface area contributed by atoms with Crippen molar-refractivity contribution in [2.75, 3.05) is 13.2 Å². The molecule has 106 valence electrons. The smallest absolute Gasteiger partial charge is 0.219 e. The lowest BCUT2D eigenvalue weighted by atomic mass is 10.1. The molecule has 1 amide bonds. The number of amides is 1. The quantitative estimate of drug-likeness (QED) is 0.694. The molecule has 0 aromatic heterocycles. The second-order valence-corrected chi connectivity index (χ2v) is 4.70. The zero-order valence-electron chi connectivity index (χ0n) is 12.1. The van der Waals surface area contributed by atoms with Crippen molar-refractivity contribution < 1.29 is 9.53 Å². The van der Waals surface area contributed by atoms with E-state index in [1.165, 1.54) is 5.56 Å². The van der Waals surface area contributed by atoms with Gasteiger partial charge in [-0.2, -0.15) is 0 Å². The number of nitrogens with one attached hydrogen (secondary N) is 1. The van der Waals surface area contributed by atoms with Crippen LogP contribution in [0, 0.1) is 0 Å². The molecule has 0 fully saturated rings. The molecule has 0 saturated heterocycles. The highest BCUT2D eigenvalue weighted by Gasteiger charge is 2.00. The van der Waals surface area contributed by atoms with Crippen molar-refractivity contribution in [3.8, 4) is 5.75 Å². The molecule has 1 N–H and O–H groups in total. The third-order valence-electron chi connectivity index (χ3n) is 2.81. The molecule has 3 nitrogen and oxygen atoms in total. The first-order valence-electron chi connectivity index (χ1n) is 7.24. The van der Waals surface area contributed by atoms with E-state index in [1.807, 2.05) is 19.1 Å². The molecule has 0 unspecified atom stereocenters. The van der Waals surface area contributed by atoms with Gasteiger partial charge in [0.1, 0.15) is 5.75 Å². The highest BCUT2D eigenvalue weighted by molar-refractivity contribution is 5.75. The lowest BCUT2D eigenvalue weighted by molar-refractivity contribution is -0.121. The summed E-state index contributed by atoms with van der Waals surface area (Å²) in [6.07, 6.45) is 4.49. The van der Waals surface area contributed by atoms with Crippen molar-refractivity contribution in [3.63, 3.8) is 0 Å². The number of benzene rings is 1. The van der Waals surface area contributed by atoms with E-state index in [4.69, 9.17) is 4.74 Å². The Morgan fingerprint density at radius 2 is 2.11 bits per heavy atom. The second kappa shape index (κ2) is 9.42. The number of hydrogen-bond donors (Lipinski definition) is 1. The normalized spacial score (nSPS) is 10.2. The predicted molar refractivity (Wildman–Crippen MR) is 78.5 cm³/mol. The molecule has 0 heterocycles. The summed E-state index contributed by atoms with van der Waals surface area (Å²) in [5.41, 5.74) is 1.26. The fourth-order valence-electron chi connectivity index (χ4n) is 1.85. The number of carbonyl (C=O) groups is 1. The van der Waals surface area contributed by atoms with Crippen LogP contribution in [0.5, 0.6) is 5.75 Å². The highest BCUT2D eigenvalue weighted by atomic mass is 16.5. The van der Waals surface area contributed by atoms with E-state index < -0.39 is 0 Å². The number of rotatable bonds is 9. The summed E-state index contributed by atoms with van der Waals surface area (Å²) in [4.78, 5) is 11.3. The molecule has 0 spiro atoms. The van der Waals surface area contributed by atoms with Crippen LogP contribution in [0.15, 0.2) is 24.3 Å². The molecule has 0 aliphatic rings. The first kappa shape index (κ1) is 15.5. The summed E-state index contributed by atoms with van der Waals surface area (Å²) in [6, 6.07) is 8.20. The van der Waals surface area contributed by atoms with Crippen LogP contribution in [-0.2, 0) is 11.2 Å². The maximum atomic E-state index is 11.3.